The molecule has 1 saturated carbocycles. The van der Waals surface area contributed by atoms with Crippen LogP contribution in [0.25, 0.3) is 10.9 Å². The van der Waals surface area contributed by atoms with Gasteiger partial charge in [-0.2, -0.15) is 0 Å². The Balaban J connectivity index is 1.44. The summed E-state index contributed by atoms with van der Waals surface area (Å²) in [5, 5.41) is 15.5. The maximum absolute atomic E-state index is 13.8. The quantitative estimate of drug-likeness (QED) is 0.375. The van der Waals surface area contributed by atoms with Gasteiger partial charge in [-0.1, -0.05) is 11.6 Å². The third-order valence-corrected chi connectivity index (χ3v) is 9.04. The van der Waals surface area contributed by atoms with Crippen molar-refractivity contribution in [1.82, 2.24) is 20.2 Å². The van der Waals surface area contributed by atoms with E-state index < -0.39 is 17.2 Å². The molecule has 5 N–H and O–H groups in total. The number of amides is 1. The molecule has 3 unspecified atom stereocenters. The Kier molecular flexibility index (Phi) is 6.49. The number of nitrogens with two attached hydrogens (primary N) is 1. The van der Waals surface area contributed by atoms with Crippen LogP contribution in [-0.4, -0.2) is 62.4 Å². The predicted octanol–water partition coefficient (Wildman–Crippen LogP) is 3.52. The molecule has 1 fully saturated rings. The van der Waals surface area contributed by atoms with Gasteiger partial charge in [-0.3, -0.25) is 9.59 Å². The third-order valence-electron chi connectivity index (χ3n) is 7.72. The van der Waals surface area contributed by atoms with Crippen LogP contribution in [-0.2, 0) is 13.0 Å². The summed E-state index contributed by atoms with van der Waals surface area (Å²) >= 11 is 7.52. The summed E-state index contributed by atoms with van der Waals surface area (Å²) in [5.41, 5.74) is 6.70. The zero-order valence-corrected chi connectivity index (χ0v) is 22.3. The number of Topliss-reactive ketones (excluding diaryl/α,β-unsaturated/α-hetero) is 1. The lowest BCUT2D eigenvalue weighted by Crippen LogP contribution is -2.66. The molecule has 192 valence electrons. The van der Waals surface area contributed by atoms with E-state index in [1.165, 1.54) is 11.3 Å². The number of rotatable bonds is 5. The lowest BCUT2D eigenvalue weighted by atomic mass is 9.66. The van der Waals surface area contributed by atoms with Gasteiger partial charge in [0, 0.05) is 40.3 Å². The minimum absolute atomic E-state index is 0.119. The first-order valence-corrected chi connectivity index (χ1v) is 13.5. The van der Waals surface area contributed by atoms with Gasteiger partial charge in [0.15, 0.2) is 5.01 Å². The summed E-state index contributed by atoms with van der Waals surface area (Å²) in [7, 11) is 2.05. The molecule has 1 aliphatic carbocycles. The van der Waals surface area contributed by atoms with Gasteiger partial charge in [0.05, 0.1) is 23.0 Å². The Hall–Kier alpha value is -2.30. The Morgan fingerprint density at radius 3 is 2.89 bits per heavy atom. The van der Waals surface area contributed by atoms with Crippen LogP contribution >= 0.6 is 22.9 Å². The van der Waals surface area contributed by atoms with Crippen LogP contribution < -0.4 is 11.1 Å². The van der Waals surface area contributed by atoms with Crippen molar-refractivity contribution in [3.8, 4) is 0 Å². The summed E-state index contributed by atoms with van der Waals surface area (Å²) in [5.74, 6) is -0.717. The number of hydrogen-bond acceptors (Lipinski definition) is 7. The van der Waals surface area contributed by atoms with Crippen LogP contribution in [0, 0.1) is 5.92 Å². The molecule has 0 radical (unpaired) electrons. The van der Waals surface area contributed by atoms with E-state index in [1.54, 1.807) is 32.0 Å². The molecule has 1 aromatic carbocycles. The lowest BCUT2D eigenvalue weighted by Gasteiger charge is -2.46. The second-order valence-corrected chi connectivity index (χ2v) is 12.3. The molecule has 2 aromatic heterocycles. The van der Waals surface area contributed by atoms with Crippen molar-refractivity contribution in [1.29, 1.82) is 0 Å². The highest BCUT2D eigenvalue weighted by Crippen LogP contribution is 2.39. The number of carbonyl (C=O) groups is 2. The Bertz CT molecular complexity index is 1330. The number of H-pyrrole nitrogens is 1. The first-order valence-electron chi connectivity index (χ1n) is 12.3. The van der Waals surface area contributed by atoms with Gasteiger partial charge in [-0.05, 0) is 70.3 Å². The summed E-state index contributed by atoms with van der Waals surface area (Å²) in [4.78, 5) is 38.3. The first kappa shape index (κ1) is 25.4. The van der Waals surface area contributed by atoms with Gasteiger partial charge in [0.1, 0.15) is 5.54 Å². The van der Waals surface area contributed by atoms with Gasteiger partial charge >= 0.3 is 0 Å². The topological polar surface area (TPSA) is 124 Å². The van der Waals surface area contributed by atoms with E-state index in [-0.39, 0.29) is 17.6 Å². The van der Waals surface area contributed by atoms with Crippen molar-refractivity contribution >= 4 is 45.5 Å². The number of aromatic nitrogens is 2. The normalized spacial score (nSPS) is 25.1. The Labute approximate surface area is 219 Å². The second kappa shape index (κ2) is 9.22. The fraction of sp³-hybridized carbons (Fsp3) is 0.500. The summed E-state index contributed by atoms with van der Waals surface area (Å²) in [6.07, 6.45) is 2.10. The van der Waals surface area contributed by atoms with E-state index in [2.05, 4.69) is 20.2 Å². The number of nitrogens with one attached hydrogen (secondary N) is 2. The summed E-state index contributed by atoms with van der Waals surface area (Å²) in [6.45, 7) is 5.20. The molecule has 36 heavy (non-hydrogen) atoms. The zero-order valence-electron chi connectivity index (χ0n) is 20.7. The molecule has 1 aliphatic heterocycles. The molecule has 0 bridgehead atoms. The minimum Gasteiger partial charge on any atom is -0.390 e. The Morgan fingerprint density at radius 1 is 1.36 bits per heavy atom. The minimum atomic E-state index is -1.33. The van der Waals surface area contributed by atoms with E-state index in [0.29, 0.717) is 35.0 Å². The number of aromatic amines is 1. The first-order chi connectivity index (χ1) is 16.9. The van der Waals surface area contributed by atoms with Gasteiger partial charge < -0.3 is 26.0 Å². The molecular weight excluding hydrogens is 498 g/mol. The molecule has 3 aromatic rings. The van der Waals surface area contributed by atoms with Crippen molar-refractivity contribution in [2.75, 3.05) is 13.6 Å². The molecule has 0 saturated heterocycles. The summed E-state index contributed by atoms with van der Waals surface area (Å²) < 4.78 is 0. The van der Waals surface area contributed by atoms with Crippen LogP contribution in [0.1, 0.15) is 64.0 Å². The second-order valence-electron chi connectivity index (χ2n) is 10.8. The van der Waals surface area contributed by atoms with Crippen molar-refractivity contribution in [3.05, 3.63) is 50.6 Å². The van der Waals surface area contributed by atoms with Crippen molar-refractivity contribution in [3.63, 3.8) is 0 Å². The fourth-order valence-electron chi connectivity index (χ4n) is 5.42. The average Bonchev–Trinajstić information content (AvgIpc) is 3.42. The van der Waals surface area contributed by atoms with E-state index >= 15 is 0 Å². The van der Waals surface area contributed by atoms with E-state index in [0.717, 1.165) is 41.0 Å². The smallest absolute Gasteiger partial charge is 0.280 e. The van der Waals surface area contributed by atoms with Gasteiger partial charge in [-0.25, -0.2) is 4.98 Å². The Morgan fingerprint density at radius 2 is 2.14 bits per heavy atom. The SMILES string of the molecule is CN1CCc2nc(C(=O)NC3CC(C(C)(C)O)CCC3(N)C(=O)c3cc4cc(Cl)ccc4[nH]3)sc2C1. The number of nitrogens with zero attached hydrogens (tertiary/aromatic N) is 2. The molecule has 2 aliphatic rings. The number of thiazole rings is 1. The molecule has 3 heterocycles. The van der Waals surface area contributed by atoms with Crippen LogP contribution in [0.15, 0.2) is 24.3 Å². The molecule has 10 heteroatoms. The maximum atomic E-state index is 13.8. The molecule has 3 atom stereocenters. The standard InChI is InChI=1S/C26H32ClN5O3S/c1-25(2,35)15-6-8-26(28,22(33)19-11-14-10-16(27)4-5-17(14)29-19)21(12-15)31-23(34)24-30-18-7-9-32(3)13-20(18)36-24/h4-5,10-11,15,21,29,35H,6-9,12-13,28H2,1-3H3,(H,31,34). The monoisotopic (exact) mass is 529 g/mol. The van der Waals surface area contributed by atoms with E-state index in [1.807, 2.05) is 13.1 Å². The number of hydrogen-bond donors (Lipinski definition) is 4. The van der Waals surface area contributed by atoms with Gasteiger partial charge in [0.25, 0.3) is 5.91 Å². The lowest BCUT2D eigenvalue weighted by molar-refractivity contribution is -0.0157. The number of ketones is 1. The largest absolute Gasteiger partial charge is 0.390 e. The number of halogens is 1. The van der Waals surface area contributed by atoms with Crippen LogP contribution in [0.4, 0.5) is 0 Å². The number of likely N-dealkylation sites (N-methyl/N-ethyl adjacent to an activating group) is 1. The van der Waals surface area contributed by atoms with Crippen LogP contribution in [0.2, 0.25) is 5.02 Å². The molecular formula is C26H32ClN5O3S. The van der Waals surface area contributed by atoms with Gasteiger partial charge in [0.2, 0.25) is 5.78 Å². The molecule has 0 spiro atoms. The number of aliphatic hydroxyl groups is 1. The predicted molar refractivity (Wildman–Crippen MR) is 142 cm³/mol. The van der Waals surface area contributed by atoms with Gasteiger partial charge in [-0.15, -0.1) is 11.3 Å². The molecule has 8 nitrogen and oxygen atoms in total. The summed E-state index contributed by atoms with van der Waals surface area (Å²) in [6, 6.07) is 6.46. The highest BCUT2D eigenvalue weighted by molar-refractivity contribution is 7.13. The molecule has 1 amide bonds. The number of fused-ring (bicyclic) bond motifs is 2. The third kappa shape index (κ3) is 4.70. The van der Waals surface area contributed by atoms with Crippen molar-refractivity contribution < 1.29 is 14.7 Å². The highest BCUT2D eigenvalue weighted by atomic mass is 35.5. The van der Waals surface area contributed by atoms with E-state index in [4.69, 9.17) is 17.3 Å². The number of carbonyl (C=O) groups excluding carboxylic acids is 2. The number of benzene rings is 1. The molecule has 5 rings (SSSR count). The maximum Gasteiger partial charge on any atom is 0.280 e. The zero-order chi connectivity index (χ0) is 25.8. The van der Waals surface area contributed by atoms with Crippen molar-refractivity contribution in [2.24, 2.45) is 11.7 Å². The fourth-order valence-corrected chi connectivity index (χ4v) is 6.69. The van der Waals surface area contributed by atoms with Crippen molar-refractivity contribution in [2.45, 2.75) is 63.3 Å². The van der Waals surface area contributed by atoms with E-state index in [9.17, 15) is 14.7 Å². The van der Waals surface area contributed by atoms with Crippen LogP contribution in [0.5, 0.6) is 0 Å². The van der Waals surface area contributed by atoms with Crippen LogP contribution in [0.3, 0.4) is 0 Å². The highest BCUT2D eigenvalue weighted by Gasteiger charge is 2.50. The average molecular weight is 530 g/mol.